The van der Waals surface area contributed by atoms with Crippen LogP contribution >= 0.6 is 11.6 Å². The third-order valence-corrected chi connectivity index (χ3v) is 3.51. The van der Waals surface area contributed by atoms with Crippen LogP contribution < -0.4 is 5.32 Å². The molecule has 1 N–H and O–H groups in total. The van der Waals surface area contributed by atoms with Crippen molar-refractivity contribution < 1.29 is 13.6 Å². The van der Waals surface area contributed by atoms with E-state index in [1.165, 1.54) is 18.2 Å². The number of rotatable bonds is 5. The van der Waals surface area contributed by atoms with Crippen LogP contribution in [0.1, 0.15) is 16.2 Å². The summed E-state index contributed by atoms with van der Waals surface area (Å²) in [7, 11) is 0. The van der Waals surface area contributed by atoms with Gasteiger partial charge in [0.05, 0.1) is 0 Å². The molecule has 3 rings (SSSR count). The lowest BCUT2D eigenvalue weighted by molar-refractivity contribution is 0.0920. The summed E-state index contributed by atoms with van der Waals surface area (Å²) in [6.45, 7) is 0.400. The monoisotopic (exact) mass is 345 g/mol. The number of hydrogen-bond acceptors (Lipinski definition) is 4. The van der Waals surface area contributed by atoms with Crippen LogP contribution in [-0.4, -0.2) is 22.6 Å². The highest BCUT2D eigenvalue weighted by molar-refractivity contribution is 6.30. The Labute approximate surface area is 142 Å². The van der Waals surface area contributed by atoms with Gasteiger partial charge in [-0.1, -0.05) is 29.8 Å². The van der Waals surface area contributed by atoms with E-state index in [1.807, 2.05) is 18.2 Å². The molecule has 1 aromatic heterocycles. The van der Waals surface area contributed by atoms with Crippen molar-refractivity contribution in [3.05, 3.63) is 70.8 Å². The SMILES string of the molecule is O=C(NCCc1cccc(Cl)c1)c1nnc(-c2cccc(F)c2)o1. The van der Waals surface area contributed by atoms with Gasteiger partial charge in [-0.05, 0) is 42.3 Å². The normalized spacial score (nSPS) is 10.6. The maximum absolute atomic E-state index is 13.2. The summed E-state index contributed by atoms with van der Waals surface area (Å²) in [6, 6.07) is 13.1. The largest absolute Gasteiger partial charge is 0.412 e. The predicted molar refractivity (Wildman–Crippen MR) is 87.2 cm³/mol. The molecule has 0 atom stereocenters. The van der Waals surface area contributed by atoms with Crippen molar-refractivity contribution in [2.75, 3.05) is 6.54 Å². The Balaban J connectivity index is 1.60. The van der Waals surface area contributed by atoms with E-state index < -0.39 is 11.7 Å². The summed E-state index contributed by atoms with van der Waals surface area (Å²) >= 11 is 5.91. The molecule has 7 heteroatoms. The molecular weight excluding hydrogens is 333 g/mol. The molecule has 0 unspecified atom stereocenters. The van der Waals surface area contributed by atoms with Crippen LogP contribution in [0.2, 0.25) is 5.02 Å². The maximum Gasteiger partial charge on any atom is 0.308 e. The minimum absolute atomic E-state index is 0.0921. The molecule has 0 bridgehead atoms. The highest BCUT2D eigenvalue weighted by Gasteiger charge is 2.15. The molecule has 24 heavy (non-hydrogen) atoms. The highest BCUT2D eigenvalue weighted by atomic mass is 35.5. The van der Waals surface area contributed by atoms with Crippen LogP contribution in [0.15, 0.2) is 52.9 Å². The minimum atomic E-state index is -0.479. The number of nitrogens with zero attached hydrogens (tertiary/aromatic N) is 2. The van der Waals surface area contributed by atoms with E-state index in [0.29, 0.717) is 23.6 Å². The Kier molecular flexibility index (Phi) is 4.86. The molecule has 2 aromatic carbocycles. The van der Waals surface area contributed by atoms with Crippen molar-refractivity contribution in [3.8, 4) is 11.5 Å². The molecule has 0 saturated heterocycles. The first-order chi connectivity index (χ1) is 11.6. The smallest absolute Gasteiger partial charge is 0.308 e. The fourth-order valence-electron chi connectivity index (χ4n) is 2.14. The van der Waals surface area contributed by atoms with Gasteiger partial charge in [-0.3, -0.25) is 4.79 Å². The molecular formula is C17H13ClFN3O2. The van der Waals surface area contributed by atoms with Gasteiger partial charge in [-0.15, -0.1) is 10.2 Å². The first-order valence-corrected chi connectivity index (χ1v) is 7.62. The molecule has 0 aliphatic heterocycles. The van der Waals surface area contributed by atoms with Crippen LogP contribution in [-0.2, 0) is 6.42 Å². The highest BCUT2D eigenvalue weighted by Crippen LogP contribution is 2.18. The van der Waals surface area contributed by atoms with Crippen molar-refractivity contribution in [2.24, 2.45) is 0 Å². The van der Waals surface area contributed by atoms with Crippen LogP contribution in [0.5, 0.6) is 0 Å². The average molecular weight is 346 g/mol. The number of amides is 1. The average Bonchev–Trinajstić information content (AvgIpc) is 3.05. The molecule has 1 heterocycles. The summed E-state index contributed by atoms with van der Waals surface area (Å²) in [5.41, 5.74) is 1.43. The van der Waals surface area contributed by atoms with Crippen molar-refractivity contribution in [1.82, 2.24) is 15.5 Å². The number of carbonyl (C=O) groups excluding carboxylic acids is 1. The van der Waals surface area contributed by atoms with Gasteiger partial charge in [0.25, 0.3) is 0 Å². The zero-order valence-corrected chi connectivity index (χ0v) is 13.3. The molecule has 0 saturated carbocycles. The Morgan fingerprint density at radius 3 is 2.79 bits per heavy atom. The number of carbonyl (C=O) groups is 1. The summed E-state index contributed by atoms with van der Waals surface area (Å²) in [6.07, 6.45) is 0.622. The number of halogens is 2. The van der Waals surface area contributed by atoms with Gasteiger partial charge in [0.2, 0.25) is 5.89 Å². The second-order valence-electron chi connectivity index (χ2n) is 5.06. The van der Waals surface area contributed by atoms with Gasteiger partial charge in [0, 0.05) is 17.1 Å². The lowest BCUT2D eigenvalue weighted by Gasteiger charge is -2.03. The number of aromatic nitrogens is 2. The van der Waals surface area contributed by atoms with E-state index in [1.54, 1.807) is 12.1 Å². The molecule has 0 spiro atoms. The predicted octanol–water partition coefficient (Wildman–Crippen LogP) is 3.50. The quantitative estimate of drug-likeness (QED) is 0.768. The lowest BCUT2D eigenvalue weighted by atomic mass is 10.1. The van der Waals surface area contributed by atoms with Gasteiger partial charge in [-0.25, -0.2) is 4.39 Å². The zero-order valence-electron chi connectivity index (χ0n) is 12.5. The van der Waals surface area contributed by atoms with Crippen LogP contribution in [0.25, 0.3) is 11.5 Å². The number of benzene rings is 2. The Hall–Kier alpha value is -2.73. The van der Waals surface area contributed by atoms with Gasteiger partial charge in [0.1, 0.15) is 5.82 Å². The third-order valence-electron chi connectivity index (χ3n) is 3.28. The second kappa shape index (κ2) is 7.23. The van der Waals surface area contributed by atoms with Gasteiger partial charge < -0.3 is 9.73 Å². The molecule has 0 aliphatic rings. The summed E-state index contributed by atoms with van der Waals surface area (Å²) < 4.78 is 18.5. The van der Waals surface area contributed by atoms with Gasteiger partial charge in [-0.2, -0.15) is 0 Å². The van der Waals surface area contributed by atoms with Crippen molar-refractivity contribution >= 4 is 17.5 Å². The van der Waals surface area contributed by atoms with Crippen LogP contribution in [0, 0.1) is 5.82 Å². The van der Waals surface area contributed by atoms with Crippen LogP contribution in [0.4, 0.5) is 4.39 Å². The number of nitrogens with one attached hydrogen (secondary N) is 1. The third kappa shape index (κ3) is 3.97. The Morgan fingerprint density at radius 2 is 2.00 bits per heavy atom. The standard InChI is InChI=1S/C17H13ClFN3O2/c18-13-5-1-3-11(9-13)7-8-20-15(23)17-22-21-16(24-17)12-4-2-6-14(19)10-12/h1-6,9-10H,7-8H2,(H,20,23). The van der Waals surface area contributed by atoms with Gasteiger partial charge >= 0.3 is 11.8 Å². The second-order valence-corrected chi connectivity index (χ2v) is 5.49. The molecule has 0 radical (unpaired) electrons. The van der Waals surface area contributed by atoms with Crippen molar-refractivity contribution in [2.45, 2.75) is 6.42 Å². The molecule has 3 aromatic rings. The molecule has 5 nitrogen and oxygen atoms in total. The topological polar surface area (TPSA) is 68.0 Å². The Bertz CT molecular complexity index is 866. The number of hydrogen-bond donors (Lipinski definition) is 1. The Morgan fingerprint density at radius 1 is 1.17 bits per heavy atom. The van der Waals surface area contributed by atoms with E-state index in [9.17, 15) is 9.18 Å². The van der Waals surface area contributed by atoms with Crippen molar-refractivity contribution in [1.29, 1.82) is 0 Å². The van der Waals surface area contributed by atoms with E-state index in [2.05, 4.69) is 15.5 Å². The molecule has 0 fully saturated rings. The first-order valence-electron chi connectivity index (χ1n) is 7.24. The summed E-state index contributed by atoms with van der Waals surface area (Å²) in [5, 5.41) is 10.8. The zero-order chi connectivity index (χ0) is 16.9. The molecule has 122 valence electrons. The lowest BCUT2D eigenvalue weighted by Crippen LogP contribution is -2.26. The van der Waals surface area contributed by atoms with E-state index in [4.69, 9.17) is 16.0 Å². The fourth-order valence-corrected chi connectivity index (χ4v) is 2.35. The maximum atomic E-state index is 13.2. The minimum Gasteiger partial charge on any atom is -0.412 e. The van der Waals surface area contributed by atoms with Crippen LogP contribution in [0.3, 0.4) is 0 Å². The fraction of sp³-hybridized carbons (Fsp3) is 0.118. The van der Waals surface area contributed by atoms with E-state index in [0.717, 1.165) is 5.56 Å². The molecule has 0 aliphatic carbocycles. The summed E-state index contributed by atoms with van der Waals surface area (Å²) in [5.74, 6) is -0.972. The first kappa shape index (κ1) is 16.1. The van der Waals surface area contributed by atoms with E-state index in [-0.39, 0.29) is 11.8 Å². The van der Waals surface area contributed by atoms with Crippen molar-refractivity contribution in [3.63, 3.8) is 0 Å². The molecule has 1 amide bonds. The van der Waals surface area contributed by atoms with E-state index >= 15 is 0 Å². The summed E-state index contributed by atoms with van der Waals surface area (Å²) in [4.78, 5) is 12.0. The van der Waals surface area contributed by atoms with Gasteiger partial charge in [0.15, 0.2) is 0 Å².